The van der Waals surface area contributed by atoms with Crippen LogP contribution < -0.4 is 4.72 Å². The summed E-state index contributed by atoms with van der Waals surface area (Å²) in [5, 5.41) is -0.888. The molecule has 1 N–H and O–H groups in total. The normalized spacial score (nSPS) is 22.3. The summed E-state index contributed by atoms with van der Waals surface area (Å²) < 4.78 is 49.8. The van der Waals surface area contributed by atoms with Gasteiger partial charge in [0.05, 0.1) is 28.6 Å². The van der Waals surface area contributed by atoms with Crippen molar-refractivity contribution in [2.45, 2.75) is 18.6 Å². The van der Waals surface area contributed by atoms with Crippen molar-refractivity contribution in [1.29, 1.82) is 0 Å². The minimum Gasteiger partial charge on any atom is -0.282 e. The van der Waals surface area contributed by atoms with E-state index >= 15 is 0 Å². The monoisotopic (exact) mass is 368 g/mol. The van der Waals surface area contributed by atoms with Crippen molar-refractivity contribution in [3.63, 3.8) is 0 Å². The Morgan fingerprint density at radius 2 is 2.16 bits per heavy atom. The number of hydrogen-bond acceptors (Lipinski definition) is 5. The van der Waals surface area contributed by atoms with E-state index in [1.54, 1.807) is 13.0 Å². The van der Waals surface area contributed by atoms with Gasteiger partial charge in [0.15, 0.2) is 9.84 Å². The maximum atomic E-state index is 12.1. The molecular formula is C10H13BrN2O4S2. The standard InChI is InChI=1S/C10H13BrN2O4S2/c1-7-4-8(5-12-10(7)11)13-19(16,17)9-2-3-18(14,15)6-9/h4-5,9,13H,2-3,6H2,1H3. The molecule has 0 aliphatic carbocycles. The second kappa shape index (κ2) is 5.02. The SMILES string of the molecule is Cc1cc(NS(=O)(=O)C2CCS(=O)(=O)C2)cnc1Br. The molecule has 1 atom stereocenters. The summed E-state index contributed by atoms with van der Waals surface area (Å²) in [5.74, 6) is -0.387. The van der Waals surface area contributed by atoms with E-state index in [0.29, 0.717) is 10.3 Å². The molecule has 19 heavy (non-hydrogen) atoms. The van der Waals surface area contributed by atoms with Crippen LogP contribution in [0.1, 0.15) is 12.0 Å². The highest BCUT2D eigenvalue weighted by atomic mass is 79.9. The fourth-order valence-electron chi connectivity index (χ4n) is 1.87. The van der Waals surface area contributed by atoms with Crippen LogP contribution in [0, 0.1) is 6.92 Å². The first-order valence-corrected chi connectivity index (χ1v) is 9.70. The molecule has 6 nitrogen and oxygen atoms in total. The minimum atomic E-state index is -3.70. The van der Waals surface area contributed by atoms with E-state index in [1.165, 1.54) is 6.20 Å². The molecule has 0 bridgehead atoms. The van der Waals surface area contributed by atoms with Gasteiger partial charge < -0.3 is 0 Å². The van der Waals surface area contributed by atoms with E-state index in [2.05, 4.69) is 25.6 Å². The second-order valence-corrected chi connectivity index (χ2v) is 9.44. The number of rotatable bonds is 3. The summed E-state index contributed by atoms with van der Waals surface area (Å²) in [5.41, 5.74) is 1.13. The lowest BCUT2D eigenvalue weighted by Crippen LogP contribution is -2.28. The first kappa shape index (κ1) is 14.7. The maximum absolute atomic E-state index is 12.1. The third kappa shape index (κ3) is 3.46. The van der Waals surface area contributed by atoms with Gasteiger partial charge >= 0.3 is 0 Å². The van der Waals surface area contributed by atoms with Crippen LogP contribution >= 0.6 is 15.9 Å². The van der Waals surface area contributed by atoms with Gasteiger partial charge in [0.2, 0.25) is 10.0 Å². The number of anilines is 1. The molecule has 1 aromatic heterocycles. The molecule has 0 aromatic carbocycles. The van der Waals surface area contributed by atoms with Crippen LogP contribution in [-0.4, -0.2) is 38.6 Å². The van der Waals surface area contributed by atoms with Gasteiger partial charge in [-0.15, -0.1) is 0 Å². The van der Waals surface area contributed by atoms with Crippen LogP contribution in [0.15, 0.2) is 16.9 Å². The average molecular weight is 369 g/mol. The molecule has 0 saturated carbocycles. The number of sulfone groups is 1. The zero-order valence-electron chi connectivity index (χ0n) is 10.1. The average Bonchev–Trinajstić information content (AvgIpc) is 2.65. The quantitative estimate of drug-likeness (QED) is 0.805. The Hall–Kier alpha value is -0.670. The molecule has 0 spiro atoms. The fourth-order valence-corrected chi connectivity index (χ4v) is 6.15. The van der Waals surface area contributed by atoms with Gasteiger partial charge in [0.25, 0.3) is 0 Å². The van der Waals surface area contributed by atoms with Gasteiger partial charge in [-0.3, -0.25) is 4.72 Å². The van der Waals surface area contributed by atoms with Crippen LogP contribution in [0.25, 0.3) is 0 Å². The van der Waals surface area contributed by atoms with Crippen molar-refractivity contribution < 1.29 is 16.8 Å². The predicted octanol–water partition coefficient (Wildman–Crippen LogP) is 1.08. The molecule has 2 heterocycles. The fraction of sp³-hybridized carbons (Fsp3) is 0.500. The predicted molar refractivity (Wildman–Crippen MR) is 76.3 cm³/mol. The first-order valence-electron chi connectivity index (χ1n) is 5.54. The topological polar surface area (TPSA) is 93.2 Å². The summed E-state index contributed by atoms with van der Waals surface area (Å²) in [7, 11) is -6.93. The van der Waals surface area contributed by atoms with Crippen molar-refractivity contribution in [3.05, 3.63) is 22.4 Å². The number of nitrogens with one attached hydrogen (secondary N) is 1. The largest absolute Gasteiger partial charge is 0.282 e. The highest BCUT2D eigenvalue weighted by Gasteiger charge is 2.37. The Morgan fingerprint density at radius 1 is 1.47 bits per heavy atom. The van der Waals surface area contributed by atoms with E-state index in [9.17, 15) is 16.8 Å². The van der Waals surface area contributed by atoms with Gasteiger partial charge in [0.1, 0.15) is 4.60 Å². The third-order valence-corrected chi connectivity index (χ3v) is 7.51. The third-order valence-electron chi connectivity index (χ3n) is 2.90. The Bertz CT molecular complexity index is 700. The summed E-state index contributed by atoms with van der Waals surface area (Å²) in [6, 6.07) is 1.64. The van der Waals surface area contributed by atoms with Crippen LogP contribution in [0.4, 0.5) is 5.69 Å². The van der Waals surface area contributed by atoms with Crippen molar-refractivity contribution in [2.24, 2.45) is 0 Å². The van der Waals surface area contributed by atoms with Crippen molar-refractivity contribution in [3.8, 4) is 0 Å². The van der Waals surface area contributed by atoms with Crippen LogP contribution in [0.2, 0.25) is 0 Å². The van der Waals surface area contributed by atoms with E-state index < -0.39 is 25.1 Å². The molecule has 1 aromatic rings. The Morgan fingerprint density at radius 3 is 2.68 bits per heavy atom. The molecule has 1 saturated heterocycles. The maximum Gasteiger partial charge on any atom is 0.236 e. The zero-order chi connectivity index (χ0) is 14.3. The van der Waals surface area contributed by atoms with Crippen molar-refractivity contribution in [1.82, 2.24) is 4.98 Å². The molecule has 1 fully saturated rings. The Kier molecular flexibility index (Phi) is 3.90. The van der Waals surface area contributed by atoms with Gasteiger partial charge in [-0.2, -0.15) is 0 Å². The number of nitrogens with zero attached hydrogens (tertiary/aromatic N) is 1. The Labute approximate surface area is 120 Å². The minimum absolute atomic E-state index is 0.0732. The zero-order valence-corrected chi connectivity index (χ0v) is 13.3. The first-order chi connectivity index (χ1) is 8.70. The molecule has 106 valence electrons. The highest BCUT2D eigenvalue weighted by molar-refractivity contribution is 9.10. The van der Waals surface area contributed by atoms with Gasteiger partial charge in [-0.25, -0.2) is 21.8 Å². The lowest BCUT2D eigenvalue weighted by atomic mass is 10.3. The molecule has 9 heteroatoms. The molecule has 1 aliphatic rings. The summed E-state index contributed by atoms with van der Waals surface area (Å²) in [6.45, 7) is 1.79. The molecule has 1 unspecified atom stereocenters. The number of aromatic nitrogens is 1. The number of sulfonamides is 1. The lowest BCUT2D eigenvalue weighted by Gasteiger charge is -2.12. The number of pyridine rings is 1. The van der Waals surface area contributed by atoms with E-state index in [4.69, 9.17) is 0 Å². The number of aryl methyl sites for hydroxylation is 1. The molecular weight excluding hydrogens is 356 g/mol. The number of hydrogen-bond donors (Lipinski definition) is 1. The van der Waals surface area contributed by atoms with E-state index in [0.717, 1.165) is 5.56 Å². The molecule has 1 aliphatic heterocycles. The molecule has 0 radical (unpaired) electrons. The van der Waals surface area contributed by atoms with E-state index in [1.807, 2.05) is 0 Å². The Balaban J connectivity index is 2.20. The van der Waals surface area contributed by atoms with Gasteiger partial charge in [-0.1, -0.05) is 0 Å². The van der Waals surface area contributed by atoms with Gasteiger partial charge in [-0.05, 0) is 40.9 Å². The van der Waals surface area contributed by atoms with Crippen LogP contribution in [0.3, 0.4) is 0 Å². The number of halogens is 1. The summed E-state index contributed by atoms with van der Waals surface area (Å²) in [6.07, 6.45) is 1.53. The highest BCUT2D eigenvalue weighted by Crippen LogP contribution is 2.23. The molecule has 0 amide bonds. The lowest BCUT2D eigenvalue weighted by molar-refractivity contribution is 0.587. The van der Waals surface area contributed by atoms with Crippen molar-refractivity contribution in [2.75, 3.05) is 16.2 Å². The van der Waals surface area contributed by atoms with Crippen LogP contribution in [0.5, 0.6) is 0 Å². The van der Waals surface area contributed by atoms with E-state index in [-0.39, 0.29) is 17.9 Å². The van der Waals surface area contributed by atoms with Gasteiger partial charge in [0, 0.05) is 0 Å². The smallest absolute Gasteiger partial charge is 0.236 e. The van der Waals surface area contributed by atoms with Crippen LogP contribution in [-0.2, 0) is 19.9 Å². The second-order valence-electron chi connectivity index (χ2n) is 4.50. The summed E-state index contributed by atoms with van der Waals surface area (Å²) in [4.78, 5) is 3.99. The van der Waals surface area contributed by atoms with Crippen molar-refractivity contribution >= 4 is 41.5 Å². The summed E-state index contributed by atoms with van der Waals surface area (Å²) >= 11 is 3.22. The molecule has 2 rings (SSSR count).